The van der Waals surface area contributed by atoms with Gasteiger partial charge in [0.15, 0.2) is 0 Å². The quantitative estimate of drug-likeness (QED) is 0.511. The maximum Gasteiger partial charge on any atom is 0.267 e. The number of hydrogen-bond acceptors (Lipinski definition) is 5. The van der Waals surface area contributed by atoms with E-state index in [1.54, 1.807) is 19.4 Å². The minimum absolute atomic E-state index is 0.573. The number of hydrogen-bond donors (Lipinski definition) is 2. The first-order valence-corrected chi connectivity index (χ1v) is 6.27. The van der Waals surface area contributed by atoms with Crippen molar-refractivity contribution in [1.29, 1.82) is 0 Å². The second kappa shape index (κ2) is 6.12. The smallest absolute Gasteiger partial charge is 0.267 e. The summed E-state index contributed by atoms with van der Waals surface area (Å²) in [5.74, 6) is 0.195. The van der Waals surface area contributed by atoms with Crippen molar-refractivity contribution in [3.8, 4) is 16.3 Å². The van der Waals surface area contributed by atoms with Crippen LogP contribution < -0.4 is 10.2 Å². The molecule has 0 aliphatic heterocycles. The zero-order chi connectivity index (χ0) is 13.7. The third kappa shape index (κ3) is 3.40. The van der Waals surface area contributed by atoms with Crippen molar-refractivity contribution in [2.45, 2.75) is 0 Å². The molecule has 1 amide bonds. The van der Waals surface area contributed by atoms with Gasteiger partial charge in [-0.25, -0.2) is 10.5 Å². The molecule has 6 heteroatoms. The maximum absolute atomic E-state index is 10.9. The fraction of sp³-hybridized carbons (Fsp3) is 0.0769. The Kier molecular flexibility index (Phi) is 4.27. The van der Waals surface area contributed by atoms with Crippen LogP contribution in [0.3, 0.4) is 0 Å². The lowest BCUT2D eigenvalue weighted by atomic mass is 10.2. The van der Waals surface area contributed by atoms with Gasteiger partial charge in [-0.3, -0.25) is 10.0 Å². The van der Waals surface area contributed by atoms with Gasteiger partial charge in [-0.15, -0.1) is 11.3 Å². The molecule has 0 spiro atoms. The standard InChI is InChI=1S/C13H12N2O3S/c1-18-10-4-2-3-9(7-10)13-14-8-11(19-13)5-6-12(16)15-17/h2-8,17H,1H3,(H,15,16)/b6-5+. The van der Waals surface area contributed by atoms with Crippen LogP contribution in [0.2, 0.25) is 0 Å². The third-order valence-corrected chi connectivity index (χ3v) is 3.36. The molecule has 1 aromatic heterocycles. The van der Waals surface area contributed by atoms with Gasteiger partial charge in [0, 0.05) is 22.7 Å². The van der Waals surface area contributed by atoms with E-state index in [2.05, 4.69) is 4.98 Å². The fourth-order valence-corrected chi connectivity index (χ4v) is 2.26. The Hall–Kier alpha value is -2.18. The Morgan fingerprint density at radius 3 is 3.11 bits per heavy atom. The average molecular weight is 276 g/mol. The summed E-state index contributed by atoms with van der Waals surface area (Å²) in [5, 5.41) is 9.21. The maximum atomic E-state index is 10.9. The number of aromatic nitrogens is 1. The molecular weight excluding hydrogens is 264 g/mol. The minimum Gasteiger partial charge on any atom is -0.497 e. The van der Waals surface area contributed by atoms with Crippen LogP contribution in [-0.2, 0) is 4.79 Å². The molecule has 0 aliphatic carbocycles. The van der Waals surface area contributed by atoms with E-state index in [0.29, 0.717) is 0 Å². The third-order valence-electron chi connectivity index (χ3n) is 2.35. The Bertz CT molecular complexity index is 607. The predicted molar refractivity (Wildman–Crippen MR) is 73.1 cm³/mol. The predicted octanol–water partition coefficient (Wildman–Crippen LogP) is 2.34. The Labute approximate surface area is 114 Å². The highest BCUT2D eigenvalue weighted by molar-refractivity contribution is 7.15. The van der Waals surface area contributed by atoms with Crippen LogP contribution in [0, 0.1) is 0 Å². The molecular formula is C13H12N2O3S. The fourth-order valence-electron chi connectivity index (χ4n) is 1.45. The van der Waals surface area contributed by atoms with Crippen molar-refractivity contribution in [2.75, 3.05) is 7.11 Å². The number of rotatable bonds is 4. The molecule has 0 bridgehead atoms. The topological polar surface area (TPSA) is 71.5 Å². The van der Waals surface area contributed by atoms with Gasteiger partial charge in [0.25, 0.3) is 5.91 Å². The highest BCUT2D eigenvalue weighted by atomic mass is 32.1. The van der Waals surface area contributed by atoms with Crippen molar-refractivity contribution in [2.24, 2.45) is 0 Å². The highest BCUT2D eigenvalue weighted by Crippen LogP contribution is 2.28. The summed E-state index contributed by atoms with van der Waals surface area (Å²) in [6.45, 7) is 0. The van der Waals surface area contributed by atoms with E-state index in [0.717, 1.165) is 21.2 Å². The molecule has 2 rings (SSSR count). The number of nitrogens with zero attached hydrogens (tertiary/aromatic N) is 1. The summed E-state index contributed by atoms with van der Waals surface area (Å²) in [7, 11) is 1.61. The molecule has 0 unspecified atom stereocenters. The molecule has 1 aromatic carbocycles. The molecule has 5 nitrogen and oxygen atoms in total. The van der Waals surface area contributed by atoms with Crippen LogP contribution >= 0.6 is 11.3 Å². The molecule has 0 saturated carbocycles. The number of hydroxylamine groups is 1. The minimum atomic E-state index is -0.573. The summed E-state index contributed by atoms with van der Waals surface area (Å²) in [6, 6.07) is 7.59. The summed E-state index contributed by atoms with van der Waals surface area (Å²) in [4.78, 5) is 16.0. The molecule has 0 aliphatic rings. The number of carbonyl (C=O) groups excluding carboxylic acids is 1. The van der Waals surface area contributed by atoms with Gasteiger partial charge < -0.3 is 4.74 Å². The Balaban J connectivity index is 2.20. The molecule has 2 aromatic rings. The van der Waals surface area contributed by atoms with Crippen LogP contribution in [-0.4, -0.2) is 23.2 Å². The van der Waals surface area contributed by atoms with E-state index in [1.165, 1.54) is 22.9 Å². The highest BCUT2D eigenvalue weighted by Gasteiger charge is 2.04. The van der Waals surface area contributed by atoms with Crippen LogP contribution in [0.5, 0.6) is 5.75 Å². The van der Waals surface area contributed by atoms with Gasteiger partial charge in [0.2, 0.25) is 0 Å². The summed E-state index contributed by atoms with van der Waals surface area (Å²) in [5.41, 5.74) is 2.48. The van der Waals surface area contributed by atoms with E-state index in [1.807, 2.05) is 24.3 Å². The largest absolute Gasteiger partial charge is 0.497 e. The number of nitrogens with one attached hydrogen (secondary N) is 1. The van der Waals surface area contributed by atoms with Gasteiger partial charge in [-0.05, 0) is 18.2 Å². The lowest BCUT2D eigenvalue weighted by molar-refractivity contribution is -0.124. The number of benzene rings is 1. The SMILES string of the molecule is COc1cccc(-c2ncc(/C=C/C(=O)NO)s2)c1. The number of methoxy groups -OCH3 is 1. The van der Waals surface area contributed by atoms with E-state index in [4.69, 9.17) is 9.94 Å². The molecule has 98 valence electrons. The molecule has 0 atom stereocenters. The number of amides is 1. The second-order valence-electron chi connectivity index (χ2n) is 3.61. The molecule has 0 saturated heterocycles. The second-order valence-corrected chi connectivity index (χ2v) is 4.67. The molecule has 0 fully saturated rings. The van der Waals surface area contributed by atoms with Crippen molar-refractivity contribution >= 4 is 23.3 Å². The van der Waals surface area contributed by atoms with E-state index in [-0.39, 0.29) is 0 Å². The van der Waals surface area contributed by atoms with Crippen LogP contribution in [0.15, 0.2) is 36.5 Å². The first-order valence-electron chi connectivity index (χ1n) is 5.45. The summed E-state index contributed by atoms with van der Waals surface area (Å²) < 4.78 is 5.16. The van der Waals surface area contributed by atoms with Crippen molar-refractivity contribution < 1.29 is 14.7 Å². The van der Waals surface area contributed by atoms with Gasteiger partial charge in [-0.1, -0.05) is 12.1 Å². The first kappa shape index (κ1) is 13.3. The summed E-state index contributed by atoms with van der Waals surface area (Å²) in [6.07, 6.45) is 4.50. The molecule has 2 N–H and O–H groups in total. The number of ether oxygens (including phenoxy) is 1. The van der Waals surface area contributed by atoms with Gasteiger partial charge in [0.05, 0.1) is 7.11 Å². The van der Waals surface area contributed by atoms with E-state index in [9.17, 15) is 4.79 Å². The van der Waals surface area contributed by atoms with Crippen molar-refractivity contribution in [3.05, 3.63) is 41.4 Å². The molecule has 1 heterocycles. The normalized spacial score (nSPS) is 10.6. The molecule has 0 radical (unpaired) electrons. The number of carbonyl (C=O) groups is 1. The van der Waals surface area contributed by atoms with Crippen LogP contribution in [0.25, 0.3) is 16.6 Å². The van der Waals surface area contributed by atoms with Gasteiger partial charge in [0.1, 0.15) is 10.8 Å². The average Bonchev–Trinajstić information content (AvgIpc) is 2.93. The van der Waals surface area contributed by atoms with E-state index < -0.39 is 5.91 Å². The van der Waals surface area contributed by atoms with Gasteiger partial charge >= 0.3 is 0 Å². The van der Waals surface area contributed by atoms with Crippen LogP contribution in [0.4, 0.5) is 0 Å². The molecule has 19 heavy (non-hydrogen) atoms. The lowest BCUT2D eigenvalue weighted by Gasteiger charge is -2.00. The lowest BCUT2D eigenvalue weighted by Crippen LogP contribution is -2.14. The van der Waals surface area contributed by atoms with E-state index >= 15 is 0 Å². The Morgan fingerprint density at radius 2 is 2.37 bits per heavy atom. The van der Waals surface area contributed by atoms with Crippen molar-refractivity contribution in [3.63, 3.8) is 0 Å². The van der Waals surface area contributed by atoms with Crippen molar-refractivity contribution in [1.82, 2.24) is 10.5 Å². The van der Waals surface area contributed by atoms with Crippen LogP contribution in [0.1, 0.15) is 4.88 Å². The van der Waals surface area contributed by atoms with Gasteiger partial charge in [-0.2, -0.15) is 0 Å². The zero-order valence-corrected chi connectivity index (χ0v) is 11.0. The monoisotopic (exact) mass is 276 g/mol. The number of thiazole rings is 1. The first-order chi connectivity index (χ1) is 9.22. The summed E-state index contributed by atoms with van der Waals surface area (Å²) >= 11 is 1.44. The Morgan fingerprint density at radius 1 is 1.53 bits per heavy atom. The zero-order valence-electron chi connectivity index (χ0n) is 10.2.